The molecule has 0 saturated carbocycles. The molecular weight excluding hydrogens is 144 g/mol. The standard InChI is InChI=1S/C9H15Cl/c1-7-3-5-9(10)6-4-8(7)2/h5,7-8H,3-4,6H2,1-2H3. The number of allylic oxidation sites excluding steroid dienone is 2. The first-order valence-electron chi connectivity index (χ1n) is 4.04. The van der Waals surface area contributed by atoms with Crippen molar-refractivity contribution in [1.82, 2.24) is 0 Å². The fraction of sp³-hybridized carbons (Fsp3) is 0.778. The molecule has 0 aromatic rings. The third kappa shape index (κ3) is 2.02. The molecule has 0 amide bonds. The average Bonchev–Trinajstić information content (AvgIpc) is 2.04. The summed E-state index contributed by atoms with van der Waals surface area (Å²) in [5.74, 6) is 1.66. The van der Waals surface area contributed by atoms with Gasteiger partial charge < -0.3 is 0 Å². The summed E-state index contributed by atoms with van der Waals surface area (Å²) in [7, 11) is 0. The van der Waals surface area contributed by atoms with Crippen molar-refractivity contribution in [3.63, 3.8) is 0 Å². The van der Waals surface area contributed by atoms with Crippen molar-refractivity contribution < 1.29 is 0 Å². The lowest BCUT2D eigenvalue weighted by molar-refractivity contribution is 0.378. The van der Waals surface area contributed by atoms with Crippen LogP contribution in [0.4, 0.5) is 0 Å². The van der Waals surface area contributed by atoms with Crippen molar-refractivity contribution in [2.24, 2.45) is 11.8 Å². The fourth-order valence-corrected chi connectivity index (χ4v) is 1.50. The monoisotopic (exact) mass is 158 g/mol. The molecule has 0 aromatic heterocycles. The normalized spacial score (nSPS) is 34.9. The first-order chi connectivity index (χ1) is 4.70. The molecule has 0 heterocycles. The third-order valence-electron chi connectivity index (χ3n) is 2.52. The molecule has 0 radical (unpaired) electrons. The number of rotatable bonds is 0. The predicted octanol–water partition coefficient (Wildman–Crippen LogP) is 3.57. The maximum absolute atomic E-state index is 5.91. The van der Waals surface area contributed by atoms with Gasteiger partial charge in [0.25, 0.3) is 0 Å². The van der Waals surface area contributed by atoms with E-state index in [1.165, 1.54) is 12.8 Å². The summed E-state index contributed by atoms with van der Waals surface area (Å²) in [5, 5.41) is 1.07. The van der Waals surface area contributed by atoms with E-state index in [4.69, 9.17) is 11.6 Å². The van der Waals surface area contributed by atoms with Gasteiger partial charge in [0.05, 0.1) is 0 Å². The Hall–Kier alpha value is 0.0300. The fourth-order valence-electron chi connectivity index (χ4n) is 1.30. The molecule has 1 aliphatic carbocycles. The summed E-state index contributed by atoms with van der Waals surface area (Å²) in [5.41, 5.74) is 0. The largest absolute Gasteiger partial charge is 0.0895 e. The Balaban J connectivity index is 2.52. The molecule has 0 saturated heterocycles. The Morgan fingerprint density at radius 1 is 1.40 bits per heavy atom. The highest BCUT2D eigenvalue weighted by Gasteiger charge is 2.14. The molecule has 1 aliphatic rings. The van der Waals surface area contributed by atoms with E-state index in [2.05, 4.69) is 19.9 Å². The van der Waals surface area contributed by atoms with Crippen molar-refractivity contribution in [3.8, 4) is 0 Å². The van der Waals surface area contributed by atoms with Crippen LogP contribution in [-0.2, 0) is 0 Å². The summed E-state index contributed by atoms with van der Waals surface area (Å²) in [4.78, 5) is 0. The third-order valence-corrected chi connectivity index (χ3v) is 2.86. The first kappa shape index (κ1) is 8.13. The van der Waals surface area contributed by atoms with Crippen LogP contribution in [0, 0.1) is 11.8 Å². The molecule has 0 spiro atoms. The van der Waals surface area contributed by atoms with Crippen LogP contribution >= 0.6 is 11.6 Å². The van der Waals surface area contributed by atoms with Gasteiger partial charge in [-0.3, -0.25) is 0 Å². The molecule has 0 aliphatic heterocycles. The van der Waals surface area contributed by atoms with Crippen LogP contribution in [0.3, 0.4) is 0 Å². The molecule has 1 rings (SSSR count). The van der Waals surface area contributed by atoms with Crippen LogP contribution in [-0.4, -0.2) is 0 Å². The first-order valence-corrected chi connectivity index (χ1v) is 4.42. The van der Waals surface area contributed by atoms with Gasteiger partial charge in [-0.25, -0.2) is 0 Å². The highest BCUT2D eigenvalue weighted by atomic mass is 35.5. The van der Waals surface area contributed by atoms with Crippen molar-refractivity contribution in [1.29, 1.82) is 0 Å². The van der Waals surface area contributed by atoms with Crippen LogP contribution in [0.5, 0.6) is 0 Å². The van der Waals surface area contributed by atoms with E-state index in [0.717, 1.165) is 23.3 Å². The van der Waals surface area contributed by atoms with Gasteiger partial charge in [0, 0.05) is 5.03 Å². The van der Waals surface area contributed by atoms with E-state index in [-0.39, 0.29) is 0 Å². The predicted molar refractivity (Wildman–Crippen MR) is 46.1 cm³/mol. The minimum Gasteiger partial charge on any atom is -0.0895 e. The minimum atomic E-state index is 0.816. The van der Waals surface area contributed by atoms with Crippen LogP contribution in [0.2, 0.25) is 0 Å². The van der Waals surface area contributed by atoms with Crippen molar-refractivity contribution in [2.45, 2.75) is 33.1 Å². The summed E-state index contributed by atoms with van der Waals surface area (Å²) >= 11 is 5.91. The maximum atomic E-state index is 5.91. The van der Waals surface area contributed by atoms with Crippen LogP contribution in [0.25, 0.3) is 0 Å². The topological polar surface area (TPSA) is 0 Å². The van der Waals surface area contributed by atoms with Gasteiger partial charge in [-0.15, -0.1) is 0 Å². The molecule has 1 heteroatoms. The second-order valence-electron chi connectivity index (χ2n) is 3.38. The van der Waals surface area contributed by atoms with E-state index in [1.54, 1.807) is 0 Å². The second-order valence-corrected chi connectivity index (χ2v) is 3.87. The van der Waals surface area contributed by atoms with E-state index >= 15 is 0 Å². The average molecular weight is 159 g/mol. The quantitative estimate of drug-likeness (QED) is 0.506. The molecule has 0 bridgehead atoms. The number of hydrogen-bond donors (Lipinski definition) is 0. The zero-order valence-corrected chi connectivity index (χ0v) is 7.49. The smallest absolute Gasteiger partial charge is 0.0141 e. The summed E-state index contributed by atoms with van der Waals surface area (Å²) in [6, 6.07) is 0. The second kappa shape index (κ2) is 3.43. The van der Waals surface area contributed by atoms with E-state index in [1.807, 2.05) is 0 Å². The highest BCUT2D eigenvalue weighted by molar-refractivity contribution is 6.29. The Morgan fingerprint density at radius 3 is 2.80 bits per heavy atom. The van der Waals surface area contributed by atoms with Crippen LogP contribution in [0.1, 0.15) is 33.1 Å². The molecule has 0 aromatic carbocycles. The van der Waals surface area contributed by atoms with Crippen LogP contribution < -0.4 is 0 Å². The van der Waals surface area contributed by atoms with Gasteiger partial charge in [-0.1, -0.05) is 31.5 Å². The lowest BCUT2D eigenvalue weighted by atomic mass is 9.91. The summed E-state index contributed by atoms with van der Waals surface area (Å²) in [6.45, 7) is 4.62. The van der Waals surface area contributed by atoms with Crippen molar-refractivity contribution >= 4 is 11.6 Å². The number of hydrogen-bond acceptors (Lipinski definition) is 0. The Labute approximate surface area is 68.3 Å². The molecule has 0 fully saturated rings. The van der Waals surface area contributed by atoms with Crippen LogP contribution in [0.15, 0.2) is 11.1 Å². The van der Waals surface area contributed by atoms with Gasteiger partial charge in [-0.2, -0.15) is 0 Å². The van der Waals surface area contributed by atoms with E-state index < -0.39 is 0 Å². The molecule has 0 nitrogen and oxygen atoms in total. The lowest BCUT2D eigenvalue weighted by Crippen LogP contribution is -2.04. The van der Waals surface area contributed by atoms with E-state index in [9.17, 15) is 0 Å². The Bertz CT molecular complexity index is 138. The SMILES string of the molecule is CC1CC=C(Cl)CCC1C. The van der Waals surface area contributed by atoms with Gasteiger partial charge in [-0.05, 0) is 31.1 Å². The molecule has 0 N–H and O–H groups in total. The highest BCUT2D eigenvalue weighted by Crippen LogP contribution is 2.28. The minimum absolute atomic E-state index is 0.816. The Morgan fingerprint density at radius 2 is 2.10 bits per heavy atom. The molecule has 10 heavy (non-hydrogen) atoms. The summed E-state index contributed by atoms with van der Waals surface area (Å²) < 4.78 is 0. The van der Waals surface area contributed by atoms with Gasteiger partial charge in [0.1, 0.15) is 0 Å². The molecular formula is C9H15Cl. The zero-order valence-electron chi connectivity index (χ0n) is 6.73. The van der Waals surface area contributed by atoms with Gasteiger partial charge in [0.15, 0.2) is 0 Å². The summed E-state index contributed by atoms with van der Waals surface area (Å²) in [6.07, 6.45) is 5.69. The number of halogens is 1. The van der Waals surface area contributed by atoms with Gasteiger partial charge >= 0.3 is 0 Å². The Kier molecular flexibility index (Phi) is 2.79. The lowest BCUT2D eigenvalue weighted by Gasteiger charge is -2.14. The van der Waals surface area contributed by atoms with E-state index in [0.29, 0.717) is 0 Å². The van der Waals surface area contributed by atoms with Crippen molar-refractivity contribution in [3.05, 3.63) is 11.1 Å². The molecule has 2 unspecified atom stereocenters. The zero-order chi connectivity index (χ0) is 7.56. The van der Waals surface area contributed by atoms with Crippen molar-refractivity contribution in [2.75, 3.05) is 0 Å². The maximum Gasteiger partial charge on any atom is 0.0141 e. The molecule has 58 valence electrons. The molecule has 2 atom stereocenters. The van der Waals surface area contributed by atoms with Gasteiger partial charge in [0.2, 0.25) is 0 Å².